The van der Waals surface area contributed by atoms with E-state index >= 15 is 0 Å². The molecule has 0 spiro atoms. The minimum atomic E-state index is 1.12. The van der Waals surface area contributed by atoms with Gasteiger partial charge in [-0.3, -0.25) is 0 Å². The number of aromatic nitrogens is 1. The molecule has 32 heavy (non-hydrogen) atoms. The molecule has 0 bridgehead atoms. The second kappa shape index (κ2) is 9.23. The molecule has 1 heterocycles. The first-order chi connectivity index (χ1) is 15.9. The Hall–Kier alpha value is -4.30. The Morgan fingerprint density at radius 1 is 0.438 bits per heavy atom. The van der Waals surface area contributed by atoms with Gasteiger partial charge in [-0.25, -0.2) is 0 Å². The van der Waals surface area contributed by atoms with Crippen LogP contribution >= 0.6 is 0 Å². The van der Waals surface area contributed by atoms with Gasteiger partial charge >= 0.3 is 0 Å². The minimum Gasteiger partial charge on any atom is -0.356 e. The molecule has 0 fully saturated rings. The van der Waals surface area contributed by atoms with Crippen molar-refractivity contribution in [2.45, 2.75) is 0 Å². The summed E-state index contributed by atoms with van der Waals surface area (Å²) in [7, 11) is 0. The van der Waals surface area contributed by atoms with Gasteiger partial charge in [0.05, 0.1) is 0 Å². The van der Waals surface area contributed by atoms with E-state index in [1.165, 1.54) is 32.9 Å². The predicted molar refractivity (Wildman–Crippen MR) is 137 cm³/mol. The molecule has 0 aliphatic rings. The number of anilines is 2. The Labute approximate surface area is 188 Å². The number of hydrogen-bond donors (Lipinski definition) is 2. The maximum Gasteiger partial charge on any atom is 0.0471 e. The van der Waals surface area contributed by atoms with Crippen LogP contribution in [-0.4, -0.2) is 4.98 Å². The van der Waals surface area contributed by atoms with Gasteiger partial charge in [-0.15, -0.1) is 0 Å². The van der Waals surface area contributed by atoms with Crippen LogP contribution in [0, 0.1) is 0 Å². The molecule has 2 N–H and O–H groups in total. The van der Waals surface area contributed by atoms with Crippen LogP contribution in [-0.2, 0) is 0 Å². The molecule has 2 heteroatoms. The lowest BCUT2D eigenvalue weighted by molar-refractivity contribution is 1.54. The third-order valence-corrected chi connectivity index (χ3v) is 5.45. The van der Waals surface area contributed by atoms with Gasteiger partial charge in [0.1, 0.15) is 0 Å². The molecular formula is C30H24N2. The van der Waals surface area contributed by atoms with Crippen LogP contribution in [0.5, 0.6) is 0 Å². The average molecular weight is 413 g/mol. The average Bonchev–Trinajstić information content (AvgIpc) is 3.25. The van der Waals surface area contributed by atoms with E-state index in [2.05, 4.69) is 83.1 Å². The third-order valence-electron chi connectivity index (χ3n) is 5.45. The van der Waals surface area contributed by atoms with E-state index in [1.54, 1.807) is 0 Å². The van der Waals surface area contributed by atoms with Crippen molar-refractivity contribution < 1.29 is 0 Å². The molecule has 154 valence electrons. The van der Waals surface area contributed by atoms with Gasteiger partial charge in [0.2, 0.25) is 0 Å². The first-order valence-electron chi connectivity index (χ1n) is 10.8. The maximum absolute atomic E-state index is 3.49. The summed E-state index contributed by atoms with van der Waals surface area (Å²) in [5.41, 5.74) is 7.18. The van der Waals surface area contributed by atoms with Gasteiger partial charge in [0.15, 0.2) is 0 Å². The summed E-state index contributed by atoms with van der Waals surface area (Å²) in [6.45, 7) is 0. The monoisotopic (exact) mass is 412 g/mol. The van der Waals surface area contributed by atoms with Gasteiger partial charge in [-0.2, -0.15) is 0 Å². The lowest BCUT2D eigenvalue weighted by Gasteiger charge is -2.04. The molecule has 2 nitrogen and oxygen atoms in total. The lowest BCUT2D eigenvalue weighted by atomic mass is 10.00. The fourth-order valence-electron chi connectivity index (χ4n) is 3.97. The van der Waals surface area contributed by atoms with E-state index in [-0.39, 0.29) is 0 Å². The molecule has 0 saturated carbocycles. The van der Waals surface area contributed by atoms with E-state index < -0.39 is 0 Å². The number of hydrogen-bond acceptors (Lipinski definition) is 1. The van der Waals surface area contributed by atoms with Crippen LogP contribution in [0.4, 0.5) is 11.4 Å². The molecular weight excluding hydrogens is 388 g/mol. The number of H-pyrrole nitrogens is 1. The van der Waals surface area contributed by atoms with Crippen molar-refractivity contribution in [1.29, 1.82) is 0 Å². The number of nitrogens with one attached hydrogen (secondary N) is 2. The number of para-hydroxylation sites is 3. The highest BCUT2D eigenvalue weighted by atomic mass is 14.9. The quantitative estimate of drug-likeness (QED) is 0.300. The van der Waals surface area contributed by atoms with Crippen molar-refractivity contribution in [3.8, 4) is 11.1 Å². The van der Waals surface area contributed by atoms with E-state index in [9.17, 15) is 0 Å². The highest BCUT2D eigenvalue weighted by molar-refractivity contribution is 6.14. The fraction of sp³-hybridized carbons (Fsp3) is 0. The predicted octanol–water partition coefficient (Wildman–Crippen LogP) is 8.42. The highest BCUT2D eigenvalue weighted by Gasteiger charge is 2.09. The SMILES string of the molecule is c1ccc(-c2cccc3[nH]c4ccccc4c23)cc1.c1ccc(Nc2ccccc2)cc1. The third kappa shape index (κ3) is 4.26. The van der Waals surface area contributed by atoms with Crippen LogP contribution in [0.3, 0.4) is 0 Å². The minimum absolute atomic E-state index is 1.12. The zero-order chi connectivity index (χ0) is 21.6. The number of aromatic amines is 1. The van der Waals surface area contributed by atoms with Crippen LogP contribution in [0.2, 0.25) is 0 Å². The molecule has 0 saturated heterocycles. The normalized spacial score (nSPS) is 10.5. The van der Waals surface area contributed by atoms with E-state index in [1.807, 2.05) is 60.7 Å². The second-order valence-corrected chi connectivity index (χ2v) is 7.62. The Morgan fingerprint density at radius 2 is 0.969 bits per heavy atom. The molecule has 0 radical (unpaired) electrons. The van der Waals surface area contributed by atoms with E-state index in [4.69, 9.17) is 0 Å². The lowest BCUT2D eigenvalue weighted by Crippen LogP contribution is -1.87. The number of rotatable bonds is 3. The molecule has 0 amide bonds. The van der Waals surface area contributed by atoms with Crippen LogP contribution in [0.1, 0.15) is 0 Å². The smallest absolute Gasteiger partial charge is 0.0471 e. The molecule has 0 aliphatic heterocycles. The van der Waals surface area contributed by atoms with Gasteiger partial charge in [-0.05, 0) is 47.5 Å². The van der Waals surface area contributed by atoms with Gasteiger partial charge in [-0.1, -0.05) is 97.1 Å². The molecule has 5 aromatic carbocycles. The molecule has 6 rings (SSSR count). The van der Waals surface area contributed by atoms with Crippen LogP contribution < -0.4 is 5.32 Å². The summed E-state index contributed by atoms with van der Waals surface area (Å²) < 4.78 is 0. The summed E-state index contributed by atoms with van der Waals surface area (Å²) in [6.07, 6.45) is 0. The van der Waals surface area contributed by atoms with Crippen molar-refractivity contribution in [1.82, 2.24) is 4.98 Å². The molecule has 6 aromatic rings. The molecule has 0 atom stereocenters. The Bertz CT molecular complexity index is 1380. The first-order valence-corrected chi connectivity index (χ1v) is 10.8. The van der Waals surface area contributed by atoms with Crippen molar-refractivity contribution in [2.75, 3.05) is 5.32 Å². The molecule has 0 unspecified atom stereocenters. The number of benzene rings is 5. The summed E-state index contributed by atoms with van der Waals surface area (Å²) in [5.74, 6) is 0. The molecule has 0 aliphatic carbocycles. The van der Waals surface area contributed by atoms with Crippen molar-refractivity contribution >= 4 is 33.2 Å². The fourth-order valence-corrected chi connectivity index (χ4v) is 3.97. The van der Waals surface area contributed by atoms with Crippen molar-refractivity contribution in [2.24, 2.45) is 0 Å². The van der Waals surface area contributed by atoms with Crippen molar-refractivity contribution in [3.63, 3.8) is 0 Å². The standard InChI is InChI=1S/C18H13N.C12H11N/c1-2-7-13(8-3-1)14-10-6-12-17-18(14)15-9-4-5-11-16(15)19-17;1-3-7-11(8-4-1)13-12-9-5-2-6-10-12/h1-12,19H;1-10,13H. The first kappa shape index (κ1) is 19.7. The van der Waals surface area contributed by atoms with E-state index in [0.29, 0.717) is 0 Å². The Morgan fingerprint density at radius 3 is 1.62 bits per heavy atom. The summed E-state index contributed by atoms with van der Waals surface area (Å²) in [6, 6.07) is 45.8. The van der Waals surface area contributed by atoms with Crippen LogP contribution in [0.15, 0.2) is 133 Å². The summed E-state index contributed by atoms with van der Waals surface area (Å²) in [4.78, 5) is 3.49. The maximum atomic E-state index is 3.49. The zero-order valence-corrected chi connectivity index (χ0v) is 17.7. The summed E-state index contributed by atoms with van der Waals surface area (Å²) in [5, 5.41) is 5.90. The largest absolute Gasteiger partial charge is 0.356 e. The zero-order valence-electron chi connectivity index (χ0n) is 17.7. The Balaban J connectivity index is 0.000000146. The van der Waals surface area contributed by atoms with Gasteiger partial charge < -0.3 is 10.3 Å². The number of fused-ring (bicyclic) bond motifs is 3. The Kier molecular flexibility index (Phi) is 5.67. The summed E-state index contributed by atoms with van der Waals surface area (Å²) >= 11 is 0. The van der Waals surface area contributed by atoms with Crippen molar-refractivity contribution in [3.05, 3.63) is 133 Å². The van der Waals surface area contributed by atoms with Gasteiger partial charge in [0, 0.05) is 33.2 Å². The second-order valence-electron chi connectivity index (χ2n) is 7.62. The van der Waals surface area contributed by atoms with Crippen LogP contribution in [0.25, 0.3) is 32.9 Å². The topological polar surface area (TPSA) is 27.8 Å². The molecule has 1 aromatic heterocycles. The van der Waals surface area contributed by atoms with E-state index in [0.717, 1.165) is 11.4 Å². The highest BCUT2D eigenvalue weighted by Crippen LogP contribution is 2.34. The van der Waals surface area contributed by atoms with Gasteiger partial charge in [0.25, 0.3) is 0 Å².